The lowest BCUT2D eigenvalue weighted by molar-refractivity contribution is 1.04. The number of aromatic nitrogens is 4. The number of nitrogens with two attached hydrogens (primary N) is 1. The van der Waals surface area contributed by atoms with Gasteiger partial charge in [0.05, 0.1) is 11.0 Å². The summed E-state index contributed by atoms with van der Waals surface area (Å²) in [6.45, 7) is 2.32. The number of aromatic amines is 2. The molecule has 0 amide bonds. The van der Waals surface area contributed by atoms with Gasteiger partial charge in [-0.25, -0.2) is 14.8 Å². The predicted molar refractivity (Wildman–Crippen MR) is 70.9 cm³/mol. The number of rotatable bonds is 1. The number of benzene rings is 1. The number of hydrogen-bond acceptors (Lipinski definition) is 5. The summed E-state index contributed by atoms with van der Waals surface area (Å²) in [5, 5.41) is 0. The molecule has 3 rings (SSSR count). The molecular weight excluding hydrogens is 246 g/mol. The van der Waals surface area contributed by atoms with Crippen molar-refractivity contribution in [3.63, 3.8) is 0 Å². The first-order chi connectivity index (χ1) is 9.08. The van der Waals surface area contributed by atoms with Crippen LogP contribution in [0, 0.1) is 6.92 Å². The molecule has 0 aliphatic heterocycles. The van der Waals surface area contributed by atoms with Crippen LogP contribution in [0.5, 0.6) is 0 Å². The summed E-state index contributed by atoms with van der Waals surface area (Å²) in [5.41, 5.74) is 7.92. The highest BCUT2D eigenvalue weighted by molar-refractivity contribution is 5.84. The fraction of sp³-hybridized carbons (Fsp3) is 0.167. The summed E-state index contributed by atoms with van der Waals surface area (Å²) in [6.07, 6.45) is 0. The number of fused-ring (bicyclic) bond motifs is 2. The zero-order valence-corrected chi connectivity index (χ0v) is 10.2. The van der Waals surface area contributed by atoms with Crippen LogP contribution in [-0.2, 0) is 6.54 Å². The number of hydrogen-bond donors (Lipinski definition) is 3. The van der Waals surface area contributed by atoms with E-state index in [4.69, 9.17) is 5.73 Å². The van der Waals surface area contributed by atoms with Crippen molar-refractivity contribution >= 4 is 22.2 Å². The summed E-state index contributed by atoms with van der Waals surface area (Å²) in [4.78, 5) is 36.0. The molecule has 0 saturated carbocycles. The van der Waals surface area contributed by atoms with Crippen LogP contribution in [0.4, 0.5) is 0 Å². The lowest BCUT2D eigenvalue weighted by Gasteiger charge is -2.05. The van der Waals surface area contributed by atoms with Gasteiger partial charge in [0.15, 0.2) is 11.2 Å². The fourth-order valence-corrected chi connectivity index (χ4v) is 2.02. The highest BCUT2D eigenvalue weighted by Gasteiger charge is 2.08. The molecule has 0 unspecified atom stereocenters. The quantitative estimate of drug-likeness (QED) is 0.527. The van der Waals surface area contributed by atoms with E-state index in [1.165, 1.54) is 0 Å². The SMILES string of the molecule is Cc1cc2nc3[nH]c(=O)[nH]c(=O)c3nc2cc1CN. The van der Waals surface area contributed by atoms with Crippen LogP contribution < -0.4 is 17.0 Å². The van der Waals surface area contributed by atoms with Gasteiger partial charge in [-0.1, -0.05) is 0 Å². The van der Waals surface area contributed by atoms with Gasteiger partial charge in [-0.05, 0) is 30.2 Å². The molecular formula is C12H11N5O2. The average molecular weight is 257 g/mol. The molecule has 7 nitrogen and oxygen atoms in total. The summed E-state index contributed by atoms with van der Waals surface area (Å²) in [7, 11) is 0. The van der Waals surface area contributed by atoms with Gasteiger partial charge in [-0.15, -0.1) is 0 Å². The monoisotopic (exact) mass is 257 g/mol. The van der Waals surface area contributed by atoms with Gasteiger partial charge in [-0.3, -0.25) is 14.8 Å². The maximum Gasteiger partial charge on any atom is 0.327 e. The Labute approximate surface area is 106 Å². The Morgan fingerprint density at radius 1 is 1.16 bits per heavy atom. The van der Waals surface area contributed by atoms with Crippen molar-refractivity contribution in [2.75, 3.05) is 0 Å². The second kappa shape index (κ2) is 3.99. The van der Waals surface area contributed by atoms with Crippen molar-refractivity contribution in [2.45, 2.75) is 13.5 Å². The molecule has 19 heavy (non-hydrogen) atoms. The molecule has 2 aromatic heterocycles. The van der Waals surface area contributed by atoms with E-state index in [-0.39, 0.29) is 11.2 Å². The van der Waals surface area contributed by atoms with E-state index < -0.39 is 11.2 Å². The smallest absolute Gasteiger partial charge is 0.326 e. The summed E-state index contributed by atoms with van der Waals surface area (Å²) in [6, 6.07) is 3.64. The third-order valence-corrected chi connectivity index (χ3v) is 3.02. The Hall–Kier alpha value is -2.54. The second-order valence-electron chi connectivity index (χ2n) is 4.30. The predicted octanol–water partition coefficient (Wildman–Crippen LogP) is -0.0733. The van der Waals surface area contributed by atoms with Crippen LogP contribution in [0.25, 0.3) is 22.2 Å². The Morgan fingerprint density at radius 3 is 2.63 bits per heavy atom. The molecule has 7 heteroatoms. The molecule has 3 aromatic rings. The van der Waals surface area contributed by atoms with Gasteiger partial charge in [-0.2, -0.15) is 0 Å². The molecule has 0 atom stereocenters. The van der Waals surface area contributed by atoms with Crippen molar-refractivity contribution in [2.24, 2.45) is 5.73 Å². The molecule has 0 spiro atoms. The molecule has 2 heterocycles. The summed E-state index contributed by atoms with van der Waals surface area (Å²) in [5.74, 6) is 0. The van der Waals surface area contributed by atoms with E-state index in [2.05, 4.69) is 19.9 Å². The molecule has 0 saturated heterocycles. The van der Waals surface area contributed by atoms with Gasteiger partial charge in [0.1, 0.15) is 0 Å². The van der Waals surface area contributed by atoms with Gasteiger partial charge in [0.25, 0.3) is 5.56 Å². The number of aryl methyl sites for hydroxylation is 1. The van der Waals surface area contributed by atoms with Crippen molar-refractivity contribution in [1.29, 1.82) is 0 Å². The van der Waals surface area contributed by atoms with Gasteiger partial charge < -0.3 is 5.73 Å². The number of nitrogens with one attached hydrogen (secondary N) is 2. The Bertz CT molecular complexity index is 910. The van der Waals surface area contributed by atoms with E-state index in [9.17, 15) is 9.59 Å². The minimum absolute atomic E-state index is 0.110. The number of nitrogens with zero attached hydrogens (tertiary/aromatic N) is 2. The minimum Gasteiger partial charge on any atom is -0.326 e. The molecule has 0 bridgehead atoms. The van der Waals surface area contributed by atoms with E-state index >= 15 is 0 Å². The van der Waals surface area contributed by atoms with Crippen molar-refractivity contribution in [1.82, 2.24) is 19.9 Å². The van der Waals surface area contributed by atoms with Gasteiger partial charge in [0.2, 0.25) is 0 Å². The van der Waals surface area contributed by atoms with Crippen LogP contribution in [0.15, 0.2) is 21.7 Å². The molecule has 4 N–H and O–H groups in total. The van der Waals surface area contributed by atoms with Crippen LogP contribution in [0.2, 0.25) is 0 Å². The molecule has 0 radical (unpaired) electrons. The van der Waals surface area contributed by atoms with Crippen LogP contribution in [0.3, 0.4) is 0 Å². The maximum absolute atomic E-state index is 11.7. The second-order valence-corrected chi connectivity index (χ2v) is 4.30. The van der Waals surface area contributed by atoms with Crippen LogP contribution in [-0.4, -0.2) is 19.9 Å². The van der Waals surface area contributed by atoms with E-state index in [0.29, 0.717) is 17.6 Å². The van der Waals surface area contributed by atoms with Crippen molar-refractivity contribution < 1.29 is 0 Å². The molecule has 0 fully saturated rings. The first kappa shape index (κ1) is 11.5. The highest BCUT2D eigenvalue weighted by atomic mass is 16.2. The lowest BCUT2D eigenvalue weighted by atomic mass is 10.1. The summed E-state index contributed by atoms with van der Waals surface area (Å²) < 4.78 is 0. The normalized spacial score (nSPS) is 11.3. The molecule has 1 aromatic carbocycles. The zero-order valence-electron chi connectivity index (χ0n) is 10.2. The van der Waals surface area contributed by atoms with Gasteiger partial charge >= 0.3 is 5.69 Å². The molecule has 0 aliphatic carbocycles. The lowest BCUT2D eigenvalue weighted by Crippen LogP contribution is -2.23. The minimum atomic E-state index is -0.596. The topological polar surface area (TPSA) is 118 Å². The van der Waals surface area contributed by atoms with E-state index in [0.717, 1.165) is 11.1 Å². The van der Waals surface area contributed by atoms with E-state index in [1.807, 2.05) is 19.1 Å². The fourth-order valence-electron chi connectivity index (χ4n) is 2.02. The third kappa shape index (κ3) is 1.80. The first-order valence-corrected chi connectivity index (χ1v) is 5.72. The zero-order chi connectivity index (χ0) is 13.6. The van der Waals surface area contributed by atoms with Crippen molar-refractivity contribution in [3.8, 4) is 0 Å². The Kier molecular flexibility index (Phi) is 2.42. The maximum atomic E-state index is 11.7. The average Bonchev–Trinajstić information content (AvgIpc) is 2.36. The Morgan fingerprint density at radius 2 is 1.89 bits per heavy atom. The number of H-pyrrole nitrogens is 2. The van der Waals surface area contributed by atoms with E-state index in [1.54, 1.807) is 0 Å². The largest absolute Gasteiger partial charge is 0.327 e. The summed E-state index contributed by atoms with van der Waals surface area (Å²) >= 11 is 0. The molecule has 96 valence electrons. The first-order valence-electron chi connectivity index (χ1n) is 5.72. The van der Waals surface area contributed by atoms with Crippen LogP contribution in [0.1, 0.15) is 11.1 Å². The van der Waals surface area contributed by atoms with Crippen LogP contribution >= 0.6 is 0 Å². The highest BCUT2D eigenvalue weighted by Crippen LogP contribution is 2.17. The third-order valence-electron chi connectivity index (χ3n) is 3.02. The van der Waals surface area contributed by atoms with Gasteiger partial charge in [0, 0.05) is 6.54 Å². The standard InChI is InChI=1S/C12H11N5O2/c1-5-2-7-8(3-6(5)4-13)14-9-10(15-7)16-12(19)17-11(9)18/h2-3H,4,13H2,1H3,(H2,15,16,17,18,19). The molecule has 0 aliphatic rings. The van der Waals surface area contributed by atoms with Crippen molar-refractivity contribution in [3.05, 3.63) is 44.1 Å². The Balaban J connectivity index is 2.48.